The number of carboxylic acid groups (broad SMARTS) is 1. The first-order chi connectivity index (χ1) is 6.86. The summed E-state index contributed by atoms with van der Waals surface area (Å²) < 4.78 is 0. The number of aromatic carboxylic acids is 1. The van der Waals surface area contributed by atoms with E-state index in [0.717, 1.165) is 6.07 Å². The topological polar surface area (TPSA) is 80.4 Å². The summed E-state index contributed by atoms with van der Waals surface area (Å²) in [6.45, 7) is 0. The Morgan fingerprint density at radius 3 is 2.27 bits per heavy atom. The zero-order chi connectivity index (χ0) is 11.7. The van der Waals surface area contributed by atoms with Crippen molar-refractivity contribution in [2.75, 3.05) is 0 Å². The second kappa shape index (κ2) is 4.22. The maximum absolute atomic E-state index is 10.7. The minimum absolute atomic E-state index is 0.231. The molecule has 1 aromatic carbocycles. The average molecular weight is 270 g/mol. The van der Waals surface area contributed by atoms with Crippen molar-refractivity contribution in [1.29, 1.82) is 0 Å². The molecular formula is C7H2Cl3NO4. The van der Waals surface area contributed by atoms with Crippen LogP contribution in [0.15, 0.2) is 6.07 Å². The number of rotatable bonds is 2. The van der Waals surface area contributed by atoms with Crippen LogP contribution in [0.3, 0.4) is 0 Å². The lowest BCUT2D eigenvalue weighted by Crippen LogP contribution is -2.02. The largest absolute Gasteiger partial charge is 0.478 e. The highest BCUT2D eigenvalue weighted by molar-refractivity contribution is 6.46. The molecule has 1 N–H and O–H groups in total. The van der Waals surface area contributed by atoms with E-state index in [0.29, 0.717) is 0 Å². The van der Waals surface area contributed by atoms with Gasteiger partial charge in [-0.3, -0.25) is 10.1 Å². The lowest BCUT2D eigenvalue weighted by Gasteiger charge is -2.04. The quantitative estimate of drug-likeness (QED) is 0.508. The van der Waals surface area contributed by atoms with E-state index < -0.39 is 27.2 Å². The van der Waals surface area contributed by atoms with Crippen molar-refractivity contribution >= 4 is 46.5 Å². The molecule has 0 saturated heterocycles. The van der Waals surface area contributed by atoms with Crippen LogP contribution in [-0.2, 0) is 0 Å². The lowest BCUT2D eigenvalue weighted by molar-refractivity contribution is -0.384. The molecule has 0 aliphatic carbocycles. The Morgan fingerprint density at radius 2 is 1.87 bits per heavy atom. The van der Waals surface area contributed by atoms with Crippen molar-refractivity contribution in [2.45, 2.75) is 0 Å². The van der Waals surface area contributed by atoms with E-state index in [2.05, 4.69) is 0 Å². The summed E-state index contributed by atoms with van der Waals surface area (Å²) in [5.41, 5.74) is -1.17. The maximum atomic E-state index is 10.7. The molecule has 0 aromatic heterocycles. The summed E-state index contributed by atoms with van der Waals surface area (Å²) in [6.07, 6.45) is 0. The van der Waals surface area contributed by atoms with Gasteiger partial charge in [0.2, 0.25) is 0 Å². The summed E-state index contributed by atoms with van der Waals surface area (Å²) in [5, 5.41) is 18.1. The number of nitro groups is 1. The van der Waals surface area contributed by atoms with Gasteiger partial charge in [-0.2, -0.15) is 0 Å². The van der Waals surface area contributed by atoms with Crippen LogP contribution >= 0.6 is 34.8 Å². The highest BCUT2D eigenvalue weighted by Gasteiger charge is 2.25. The van der Waals surface area contributed by atoms with Gasteiger partial charge in [0.15, 0.2) is 0 Å². The van der Waals surface area contributed by atoms with Crippen molar-refractivity contribution in [3.05, 3.63) is 36.8 Å². The number of carboxylic acids is 1. The highest BCUT2D eigenvalue weighted by Crippen LogP contribution is 2.38. The Bertz CT molecular complexity index is 460. The summed E-state index contributed by atoms with van der Waals surface area (Å²) in [7, 11) is 0. The summed E-state index contributed by atoms with van der Waals surface area (Å²) in [4.78, 5) is 20.4. The van der Waals surface area contributed by atoms with E-state index in [1.54, 1.807) is 0 Å². The average Bonchev–Trinajstić information content (AvgIpc) is 2.10. The summed E-state index contributed by atoms with van der Waals surface area (Å²) in [5.74, 6) is -1.48. The Hall–Kier alpha value is -1.04. The first kappa shape index (κ1) is 12.0. The zero-order valence-corrected chi connectivity index (χ0v) is 9.10. The maximum Gasteiger partial charge on any atom is 0.339 e. The van der Waals surface area contributed by atoms with Crippen LogP contribution in [0.2, 0.25) is 15.1 Å². The minimum Gasteiger partial charge on any atom is -0.478 e. The molecular weight excluding hydrogens is 268 g/mol. The monoisotopic (exact) mass is 269 g/mol. The first-order valence-electron chi connectivity index (χ1n) is 3.41. The molecule has 0 fully saturated rings. The molecule has 0 saturated carbocycles. The van der Waals surface area contributed by atoms with E-state index in [4.69, 9.17) is 39.9 Å². The molecule has 0 spiro atoms. The molecule has 0 radical (unpaired) electrons. The van der Waals surface area contributed by atoms with E-state index in [9.17, 15) is 14.9 Å². The molecule has 0 aliphatic heterocycles. The summed E-state index contributed by atoms with van der Waals surface area (Å²) >= 11 is 16.6. The van der Waals surface area contributed by atoms with Crippen molar-refractivity contribution in [2.24, 2.45) is 0 Å². The summed E-state index contributed by atoms with van der Waals surface area (Å²) in [6, 6.07) is 0.901. The predicted octanol–water partition coefficient (Wildman–Crippen LogP) is 3.25. The van der Waals surface area contributed by atoms with Gasteiger partial charge in [0, 0.05) is 6.07 Å². The van der Waals surface area contributed by atoms with E-state index in [1.807, 2.05) is 0 Å². The van der Waals surface area contributed by atoms with E-state index in [-0.39, 0.29) is 10.0 Å². The molecule has 0 amide bonds. The number of nitrogens with zero attached hydrogens (tertiary/aromatic N) is 1. The third-order valence-corrected chi connectivity index (χ3v) is 2.72. The van der Waals surface area contributed by atoms with Gasteiger partial charge in [-0.25, -0.2) is 4.79 Å². The number of hydrogen-bond donors (Lipinski definition) is 1. The van der Waals surface area contributed by atoms with Crippen LogP contribution in [0.5, 0.6) is 0 Å². The molecule has 0 aliphatic rings. The third kappa shape index (κ3) is 2.14. The third-order valence-electron chi connectivity index (χ3n) is 1.55. The van der Waals surface area contributed by atoms with Crippen LogP contribution in [0.4, 0.5) is 5.69 Å². The molecule has 0 unspecified atom stereocenters. The second-order valence-electron chi connectivity index (χ2n) is 2.44. The molecule has 5 nitrogen and oxygen atoms in total. The Labute approximate surface area is 98.3 Å². The van der Waals surface area contributed by atoms with E-state index >= 15 is 0 Å². The number of halogens is 3. The van der Waals surface area contributed by atoms with Crippen LogP contribution in [0.1, 0.15) is 10.4 Å². The van der Waals surface area contributed by atoms with Gasteiger partial charge < -0.3 is 5.11 Å². The van der Waals surface area contributed by atoms with E-state index in [1.165, 1.54) is 0 Å². The zero-order valence-electron chi connectivity index (χ0n) is 6.83. The number of carbonyl (C=O) groups is 1. The molecule has 80 valence electrons. The fourth-order valence-corrected chi connectivity index (χ4v) is 1.69. The van der Waals surface area contributed by atoms with Gasteiger partial charge in [-0.15, -0.1) is 0 Å². The van der Waals surface area contributed by atoms with Crippen LogP contribution < -0.4 is 0 Å². The van der Waals surface area contributed by atoms with Gasteiger partial charge in [0.05, 0.1) is 15.0 Å². The van der Waals surface area contributed by atoms with Gasteiger partial charge >= 0.3 is 5.97 Å². The lowest BCUT2D eigenvalue weighted by atomic mass is 10.2. The molecule has 0 bridgehead atoms. The number of nitro benzene ring substituents is 1. The van der Waals surface area contributed by atoms with Gasteiger partial charge in [-0.05, 0) is 0 Å². The minimum atomic E-state index is -1.48. The second-order valence-corrected chi connectivity index (χ2v) is 3.61. The van der Waals surface area contributed by atoms with Crippen LogP contribution in [0, 0.1) is 10.1 Å². The molecule has 15 heavy (non-hydrogen) atoms. The smallest absolute Gasteiger partial charge is 0.339 e. The molecule has 0 heterocycles. The molecule has 0 atom stereocenters. The fourth-order valence-electron chi connectivity index (χ4n) is 0.911. The Kier molecular flexibility index (Phi) is 3.38. The SMILES string of the molecule is O=C(O)c1c(Cl)c(Cl)cc([N+](=O)[O-])c1Cl. The van der Waals surface area contributed by atoms with Crippen LogP contribution in [-0.4, -0.2) is 16.0 Å². The standard InChI is InChI=1S/C7H2Cl3NO4/c8-2-1-3(11(14)15)6(10)4(5(2)9)7(12)13/h1H,(H,12,13). The first-order valence-corrected chi connectivity index (χ1v) is 4.54. The predicted molar refractivity (Wildman–Crippen MR) is 55.1 cm³/mol. The van der Waals surface area contributed by atoms with Gasteiger partial charge in [0.25, 0.3) is 5.69 Å². The van der Waals surface area contributed by atoms with Gasteiger partial charge in [0.1, 0.15) is 10.6 Å². The Morgan fingerprint density at radius 1 is 1.33 bits per heavy atom. The Balaban J connectivity index is 3.63. The van der Waals surface area contributed by atoms with Crippen LogP contribution in [0.25, 0.3) is 0 Å². The molecule has 1 aromatic rings. The van der Waals surface area contributed by atoms with Crippen molar-refractivity contribution < 1.29 is 14.8 Å². The molecule has 8 heteroatoms. The fraction of sp³-hybridized carbons (Fsp3) is 0. The van der Waals surface area contributed by atoms with Crippen molar-refractivity contribution in [3.8, 4) is 0 Å². The highest BCUT2D eigenvalue weighted by atomic mass is 35.5. The molecule has 1 rings (SSSR count). The number of benzene rings is 1. The van der Waals surface area contributed by atoms with Crippen molar-refractivity contribution in [1.82, 2.24) is 0 Å². The number of hydrogen-bond acceptors (Lipinski definition) is 3. The van der Waals surface area contributed by atoms with Crippen molar-refractivity contribution in [3.63, 3.8) is 0 Å². The van der Waals surface area contributed by atoms with Gasteiger partial charge in [-0.1, -0.05) is 34.8 Å². The normalized spacial score (nSPS) is 10.1.